The molecule has 2 heteroatoms. The van der Waals surface area contributed by atoms with Gasteiger partial charge in [0, 0.05) is 22.6 Å². The van der Waals surface area contributed by atoms with Gasteiger partial charge in [0.05, 0.1) is 0 Å². The Kier molecular flexibility index (Phi) is 3.48. The van der Waals surface area contributed by atoms with Gasteiger partial charge in [0.2, 0.25) is 0 Å². The van der Waals surface area contributed by atoms with Crippen molar-refractivity contribution >= 4 is 15.6 Å². The van der Waals surface area contributed by atoms with Gasteiger partial charge in [-0.1, -0.05) is 60.7 Å². The normalized spacial score (nSPS) is 10.5. The molecule has 0 aliphatic carbocycles. The average Bonchev–Trinajstić information content (AvgIpc) is 2.49. The molecule has 1 heterocycles. The number of hydrogen-bond acceptors (Lipinski definition) is 1. The highest BCUT2D eigenvalue weighted by atomic mass is 28.1. The van der Waals surface area contributed by atoms with Gasteiger partial charge in [-0.05, 0) is 23.6 Å². The van der Waals surface area contributed by atoms with Crippen molar-refractivity contribution in [3.05, 3.63) is 72.4 Å². The van der Waals surface area contributed by atoms with E-state index in [1.807, 2.05) is 18.3 Å². The van der Waals surface area contributed by atoms with Crippen LogP contribution in [-0.2, 0) is 0 Å². The van der Waals surface area contributed by atoms with E-state index in [1.165, 1.54) is 22.3 Å². The molecule has 0 amide bonds. The molecule has 95 valence electrons. The van der Waals surface area contributed by atoms with E-state index in [0.29, 0.717) is 0 Å². The van der Waals surface area contributed by atoms with Crippen molar-refractivity contribution in [2.24, 2.45) is 0 Å². The third kappa shape index (κ3) is 2.30. The second kappa shape index (κ2) is 5.43. The number of benzene rings is 2. The Balaban J connectivity index is 2.22. The number of pyridine rings is 1. The third-order valence-electron chi connectivity index (χ3n) is 3.49. The molecule has 0 saturated carbocycles. The molecule has 0 saturated heterocycles. The number of hydrogen-bond donors (Lipinski definition) is 0. The molecular formula is C18H14NSi. The maximum absolute atomic E-state index is 4.51. The van der Waals surface area contributed by atoms with Crippen LogP contribution in [0.15, 0.2) is 66.9 Å². The average molecular weight is 272 g/mol. The van der Waals surface area contributed by atoms with Crippen LogP contribution in [0.4, 0.5) is 0 Å². The predicted octanol–water partition coefficient (Wildman–Crippen LogP) is 3.52. The van der Waals surface area contributed by atoms with Gasteiger partial charge in [-0.15, -0.1) is 0 Å². The fraction of sp³-hybridized carbons (Fsp3) is 0.0556. The summed E-state index contributed by atoms with van der Waals surface area (Å²) in [6.07, 6.45) is 1.93. The van der Waals surface area contributed by atoms with Gasteiger partial charge >= 0.3 is 0 Å². The lowest BCUT2D eigenvalue weighted by molar-refractivity contribution is 1.33. The van der Waals surface area contributed by atoms with Crippen LogP contribution in [0, 0.1) is 6.92 Å². The van der Waals surface area contributed by atoms with Crippen LogP contribution in [0.1, 0.15) is 5.56 Å². The first kappa shape index (κ1) is 12.8. The Morgan fingerprint density at radius 2 is 1.35 bits per heavy atom. The number of aromatic nitrogens is 1. The van der Waals surface area contributed by atoms with Crippen molar-refractivity contribution in [2.75, 3.05) is 0 Å². The zero-order chi connectivity index (χ0) is 13.9. The number of rotatable bonds is 2. The molecule has 0 aliphatic heterocycles. The summed E-state index contributed by atoms with van der Waals surface area (Å²) in [5.74, 6) is 0. The van der Waals surface area contributed by atoms with Crippen molar-refractivity contribution in [3.63, 3.8) is 0 Å². The Morgan fingerprint density at radius 3 is 1.95 bits per heavy atom. The monoisotopic (exact) mass is 272 g/mol. The largest absolute Gasteiger partial charge is 0.266 e. The summed E-state index contributed by atoms with van der Waals surface area (Å²) in [7, 11) is 3.64. The summed E-state index contributed by atoms with van der Waals surface area (Å²) in [5.41, 5.74) is 5.94. The maximum atomic E-state index is 4.51. The van der Waals surface area contributed by atoms with Gasteiger partial charge in [-0.25, -0.2) is 0 Å². The SMILES string of the molecule is Cc1c(-c2ccccc2)cnc([Si])c1-c1ccccc1. The Hall–Kier alpha value is -2.19. The fourth-order valence-corrected chi connectivity index (χ4v) is 2.87. The van der Waals surface area contributed by atoms with Crippen LogP contribution in [0.2, 0.25) is 0 Å². The molecule has 3 radical (unpaired) electrons. The molecule has 2 aromatic carbocycles. The predicted molar refractivity (Wildman–Crippen MR) is 85.2 cm³/mol. The van der Waals surface area contributed by atoms with Crippen molar-refractivity contribution in [2.45, 2.75) is 6.92 Å². The van der Waals surface area contributed by atoms with E-state index in [0.717, 1.165) is 10.9 Å². The van der Waals surface area contributed by atoms with Crippen LogP contribution in [-0.4, -0.2) is 15.2 Å². The molecule has 3 rings (SSSR count). The molecule has 0 aliphatic rings. The van der Waals surface area contributed by atoms with Gasteiger partial charge in [-0.2, -0.15) is 0 Å². The zero-order valence-electron chi connectivity index (χ0n) is 11.3. The van der Waals surface area contributed by atoms with Crippen LogP contribution >= 0.6 is 0 Å². The summed E-state index contributed by atoms with van der Waals surface area (Å²) in [6, 6.07) is 20.7. The van der Waals surface area contributed by atoms with Gasteiger partial charge in [-0.3, -0.25) is 4.98 Å². The van der Waals surface area contributed by atoms with Crippen molar-refractivity contribution in [1.29, 1.82) is 0 Å². The third-order valence-corrected chi connectivity index (χ3v) is 3.86. The van der Waals surface area contributed by atoms with Crippen molar-refractivity contribution in [1.82, 2.24) is 4.98 Å². The first-order valence-electron chi connectivity index (χ1n) is 6.59. The molecule has 0 spiro atoms. The molecule has 0 atom stereocenters. The lowest BCUT2D eigenvalue weighted by Crippen LogP contribution is -2.14. The zero-order valence-corrected chi connectivity index (χ0v) is 12.3. The highest BCUT2D eigenvalue weighted by Gasteiger charge is 2.11. The van der Waals surface area contributed by atoms with E-state index in [-0.39, 0.29) is 0 Å². The lowest BCUT2D eigenvalue weighted by Gasteiger charge is -2.14. The Bertz CT molecular complexity index is 721. The summed E-state index contributed by atoms with van der Waals surface area (Å²) in [5, 5.41) is 0.883. The number of nitrogens with zero attached hydrogens (tertiary/aromatic N) is 1. The minimum absolute atomic E-state index is 0.883. The Labute approximate surface area is 122 Å². The highest BCUT2D eigenvalue weighted by molar-refractivity contribution is 6.34. The molecule has 0 N–H and O–H groups in total. The van der Waals surface area contributed by atoms with Crippen LogP contribution in [0.3, 0.4) is 0 Å². The fourth-order valence-electron chi connectivity index (χ4n) is 2.47. The smallest absolute Gasteiger partial charge is 0.100 e. The van der Waals surface area contributed by atoms with Crippen LogP contribution in [0.25, 0.3) is 22.3 Å². The van der Waals surface area contributed by atoms with E-state index >= 15 is 0 Å². The van der Waals surface area contributed by atoms with E-state index < -0.39 is 0 Å². The molecule has 3 aromatic rings. The summed E-state index contributed by atoms with van der Waals surface area (Å²) >= 11 is 0. The molecule has 0 unspecified atom stereocenters. The van der Waals surface area contributed by atoms with Gasteiger partial charge in [0.1, 0.15) is 10.2 Å². The molecule has 1 aromatic heterocycles. The first-order valence-corrected chi connectivity index (χ1v) is 7.09. The van der Waals surface area contributed by atoms with Crippen LogP contribution in [0.5, 0.6) is 0 Å². The lowest BCUT2D eigenvalue weighted by atomic mass is 9.95. The topological polar surface area (TPSA) is 12.9 Å². The summed E-state index contributed by atoms with van der Waals surface area (Å²) < 4.78 is 0. The molecule has 20 heavy (non-hydrogen) atoms. The minimum atomic E-state index is 0.883. The second-order valence-corrected chi connectivity index (χ2v) is 5.23. The standard InChI is InChI=1S/C18H14NSi/c1-13-16(14-8-4-2-5-9-14)12-19-18(20)17(13)15-10-6-3-7-11-15/h2-12H,1H3. The molecule has 0 fully saturated rings. The molecular weight excluding hydrogens is 258 g/mol. The highest BCUT2D eigenvalue weighted by Crippen LogP contribution is 2.29. The molecule has 1 nitrogen and oxygen atoms in total. The van der Waals surface area contributed by atoms with Gasteiger partial charge < -0.3 is 0 Å². The van der Waals surface area contributed by atoms with E-state index in [2.05, 4.69) is 70.7 Å². The van der Waals surface area contributed by atoms with Gasteiger partial charge in [0.25, 0.3) is 0 Å². The van der Waals surface area contributed by atoms with Crippen molar-refractivity contribution in [3.8, 4) is 22.3 Å². The van der Waals surface area contributed by atoms with Crippen molar-refractivity contribution < 1.29 is 0 Å². The van der Waals surface area contributed by atoms with E-state index in [4.69, 9.17) is 0 Å². The summed E-state index contributed by atoms with van der Waals surface area (Å²) in [6.45, 7) is 2.15. The van der Waals surface area contributed by atoms with Crippen LogP contribution < -0.4 is 5.32 Å². The quantitative estimate of drug-likeness (QED) is 0.650. The van der Waals surface area contributed by atoms with E-state index in [1.54, 1.807) is 0 Å². The summed E-state index contributed by atoms with van der Waals surface area (Å²) in [4.78, 5) is 4.51. The van der Waals surface area contributed by atoms with Gasteiger partial charge in [0.15, 0.2) is 0 Å². The second-order valence-electron chi connectivity index (χ2n) is 4.75. The Morgan fingerprint density at radius 1 is 0.800 bits per heavy atom. The first-order chi connectivity index (χ1) is 9.77. The van der Waals surface area contributed by atoms with E-state index in [9.17, 15) is 0 Å². The minimum Gasteiger partial charge on any atom is -0.266 e. The molecule has 0 bridgehead atoms. The maximum Gasteiger partial charge on any atom is 0.100 e.